The van der Waals surface area contributed by atoms with E-state index in [9.17, 15) is 4.79 Å². The molecule has 0 aliphatic carbocycles. The van der Waals surface area contributed by atoms with Gasteiger partial charge in [0.15, 0.2) is 0 Å². The second-order valence-electron chi connectivity index (χ2n) is 5.73. The second-order valence-corrected chi connectivity index (χ2v) is 6.72. The lowest BCUT2D eigenvalue weighted by Gasteiger charge is -2.15. The lowest BCUT2D eigenvalue weighted by Crippen LogP contribution is -2.31. The number of hydrogen-bond donors (Lipinski definition) is 1. The molecule has 130 valence electrons. The molecule has 1 aromatic carbocycles. The van der Waals surface area contributed by atoms with Crippen LogP contribution in [-0.4, -0.2) is 41.2 Å². The van der Waals surface area contributed by atoms with E-state index in [0.29, 0.717) is 29.9 Å². The van der Waals surface area contributed by atoms with Crippen LogP contribution in [0.1, 0.15) is 12.1 Å². The van der Waals surface area contributed by atoms with Crippen LogP contribution in [0.4, 0.5) is 0 Å². The molecule has 1 aliphatic rings. The minimum atomic E-state index is 0. The summed E-state index contributed by atoms with van der Waals surface area (Å²) in [5.41, 5.74) is 7.49. The molecule has 24 heavy (non-hydrogen) atoms. The van der Waals surface area contributed by atoms with Gasteiger partial charge in [-0.1, -0.05) is 18.2 Å². The van der Waals surface area contributed by atoms with Crippen molar-refractivity contribution in [2.75, 3.05) is 25.4 Å². The van der Waals surface area contributed by atoms with Crippen LogP contribution >= 0.6 is 24.2 Å². The van der Waals surface area contributed by atoms with Gasteiger partial charge in [0.05, 0.1) is 11.4 Å². The Morgan fingerprint density at radius 2 is 2.17 bits per heavy atom. The number of amides is 1. The van der Waals surface area contributed by atoms with Crippen molar-refractivity contribution >= 4 is 30.1 Å². The standard InChI is InChI=1S/C17H21N3O2S.ClH/c18-8-13-6-7-20(9-13)16(21)12-23-11-15-10-22-17(19-15)14-4-2-1-3-5-14;/h1-5,10,13H,6-9,11-12,18H2;1H. The van der Waals surface area contributed by atoms with Crippen LogP contribution in [-0.2, 0) is 10.5 Å². The van der Waals surface area contributed by atoms with Crippen LogP contribution < -0.4 is 5.73 Å². The molecule has 0 bridgehead atoms. The number of carbonyl (C=O) groups excluding carboxylic acids is 1. The maximum Gasteiger partial charge on any atom is 0.232 e. The average Bonchev–Trinajstić information content (AvgIpc) is 3.25. The smallest absolute Gasteiger partial charge is 0.232 e. The molecule has 2 heterocycles. The van der Waals surface area contributed by atoms with Crippen molar-refractivity contribution in [1.82, 2.24) is 9.88 Å². The summed E-state index contributed by atoms with van der Waals surface area (Å²) in [5, 5.41) is 0. The molecule has 0 spiro atoms. The highest BCUT2D eigenvalue weighted by atomic mass is 35.5. The van der Waals surface area contributed by atoms with Crippen LogP contribution in [0.5, 0.6) is 0 Å². The van der Waals surface area contributed by atoms with Crippen LogP contribution in [0, 0.1) is 5.92 Å². The largest absolute Gasteiger partial charge is 0.444 e. The average molecular weight is 368 g/mol. The number of nitrogens with zero attached hydrogens (tertiary/aromatic N) is 2. The monoisotopic (exact) mass is 367 g/mol. The zero-order valence-electron chi connectivity index (χ0n) is 13.4. The molecule has 2 aromatic rings. The molecule has 0 saturated carbocycles. The fraction of sp³-hybridized carbons (Fsp3) is 0.412. The molecule has 2 N–H and O–H groups in total. The van der Waals surface area contributed by atoms with Crippen molar-refractivity contribution in [2.45, 2.75) is 12.2 Å². The summed E-state index contributed by atoms with van der Waals surface area (Å²) in [6.45, 7) is 2.31. The van der Waals surface area contributed by atoms with Crippen molar-refractivity contribution in [1.29, 1.82) is 0 Å². The first-order chi connectivity index (χ1) is 11.3. The number of carbonyl (C=O) groups is 1. The van der Waals surface area contributed by atoms with Gasteiger partial charge in [0, 0.05) is 24.4 Å². The Hall–Kier alpha value is -1.50. The molecule has 3 rings (SSSR count). The van der Waals surface area contributed by atoms with E-state index >= 15 is 0 Å². The summed E-state index contributed by atoms with van der Waals surface area (Å²) in [4.78, 5) is 18.5. The van der Waals surface area contributed by atoms with Crippen molar-refractivity contribution < 1.29 is 9.21 Å². The van der Waals surface area contributed by atoms with Gasteiger partial charge in [-0.25, -0.2) is 4.98 Å². The number of nitrogens with two attached hydrogens (primary N) is 1. The van der Waals surface area contributed by atoms with E-state index in [1.165, 1.54) is 0 Å². The SMILES string of the molecule is Cl.NCC1CCN(C(=O)CSCc2coc(-c3ccccc3)n2)C1. The summed E-state index contributed by atoms with van der Waals surface area (Å²) >= 11 is 1.57. The quantitative estimate of drug-likeness (QED) is 0.849. The topological polar surface area (TPSA) is 72.4 Å². The Bertz CT molecular complexity index is 650. The van der Waals surface area contributed by atoms with E-state index in [-0.39, 0.29) is 18.3 Å². The predicted molar refractivity (Wildman–Crippen MR) is 99.1 cm³/mol. The zero-order valence-corrected chi connectivity index (χ0v) is 15.0. The molecule has 1 saturated heterocycles. The molecule has 7 heteroatoms. The van der Waals surface area contributed by atoms with Crippen molar-refractivity contribution in [3.63, 3.8) is 0 Å². The molecule has 1 atom stereocenters. The van der Waals surface area contributed by atoms with E-state index in [2.05, 4.69) is 4.98 Å². The van der Waals surface area contributed by atoms with E-state index in [1.54, 1.807) is 18.0 Å². The first-order valence-electron chi connectivity index (χ1n) is 7.81. The molecule has 0 radical (unpaired) electrons. The van der Waals surface area contributed by atoms with Crippen molar-refractivity contribution in [3.8, 4) is 11.5 Å². The van der Waals surface area contributed by atoms with E-state index in [4.69, 9.17) is 10.2 Å². The number of rotatable bonds is 6. The van der Waals surface area contributed by atoms with Crippen LogP contribution in [0.15, 0.2) is 41.0 Å². The van der Waals surface area contributed by atoms with Gasteiger partial charge in [0.1, 0.15) is 6.26 Å². The number of oxazole rings is 1. The first-order valence-corrected chi connectivity index (χ1v) is 8.97. The highest BCUT2D eigenvalue weighted by Crippen LogP contribution is 2.21. The normalized spacial score (nSPS) is 16.9. The van der Waals surface area contributed by atoms with Crippen molar-refractivity contribution in [3.05, 3.63) is 42.3 Å². The Morgan fingerprint density at radius 3 is 2.88 bits per heavy atom. The van der Waals surface area contributed by atoms with Gasteiger partial charge in [-0.2, -0.15) is 0 Å². The van der Waals surface area contributed by atoms with Crippen LogP contribution in [0.2, 0.25) is 0 Å². The zero-order chi connectivity index (χ0) is 16.1. The van der Waals surface area contributed by atoms with Gasteiger partial charge in [0.25, 0.3) is 0 Å². The van der Waals surface area contributed by atoms with Gasteiger partial charge in [-0.05, 0) is 31.0 Å². The number of benzene rings is 1. The molecule has 1 fully saturated rings. The number of halogens is 1. The first kappa shape index (κ1) is 18.8. The van der Waals surface area contributed by atoms with Crippen LogP contribution in [0.25, 0.3) is 11.5 Å². The number of hydrogen-bond acceptors (Lipinski definition) is 5. The third-order valence-corrected chi connectivity index (χ3v) is 4.97. The van der Waals surface area contributed by atoms with Gasteiger partial charge >= 0.3 is 0 Å². The number of likely N-dealkylation sites (tertiary alicyclic amines) is 1. The van der Waals surface area contributed by atoms with Gasteiger partial charge in [0.2, 0.25) is 11.8 Å². The molecule has 1 unspecified atom stereocenters. The molecule has 1 amide bonds. The predicted octanol–water partition coefficient (Wildman–Crippen LogP) is 2.80. The maximum absolute atomic E-state index is 12.1. The highest BCUT2D eigenvalue weighted by Gasteiger charge is 2.24. The number of thioether (sulfide) groups is 1. The van der Waals surface area contributed by atoms with E-state index < -0.39 is 0 Å². The third-order valence-electron chi connectivity index (χ3n) is 4.02. The third kappa shape index (κ3) is 4.75. The van der Waals surface area contributed by atoms with Gasteiger partial charge in [-0.3, -0.25) is 4.79 Å². The summed E-state index contributed by atoms with van der Waals surface area (Å²) < 4.78 is 5.50. The lowest BCUT2D eigenvalue weighted by molar-refractivity contribution is -0.127. The summed E-state index contributed by atoms with van der Waals surface area (Å²) in [6, 6.07) is 9.80. The molecular formula is C17H22ClN3O2S. The molecule has 1 aliphatic heterocycles. The Balaban J connectivity index is 0.00000208. The van der Waals surface area contributed by atoms with E-state index in [1.807, 2.05) is 35.2 Å². The van der Waals surface area contributed by atoms with Crippen LogP contribution in [0.3, 0.4) is 0 Å². The Labute approximate surface area is 152 Å². The molecular weight excluding hydrogens is 346 g/mol. The highest BCUT2D eigenvalue weighted by molar-refractivity contribution is 7.99. The lowest BCUT2D eigenvalue weighted by atomic mass is 10.1. The van der Waals surface area contributed by atoms with E-state index in [0.717, 1.165) is 30.8 Å². The Morgan fingerprint density at radius 1 is 1.38 bits per heavy atom. The number of aromatic nitrogens is 1. The fourth-order valence-corrected chi connectivity index (χ4v) is 3.47. The second kappa shape index (κ2) is 9.11. The van der Waals surface area contributed by atoms with Gasteiger partial charge in [-0.15, -0.1) is 24.2 Å². The fourth-order valence-electron chi connectivity index (χ4n) is 2.67. The minimum Gasteiger partial charge on any atom is -0.444 e. The Kier molecular flexibility index (Phi) is 7.15. The summed E-state index contributed by atoms with van der Waals surface area (Å²) in [5.74, 6) is 2.43. The molecule has 1 aromatic heterocycles. The minimum absolute atomic E-state index is 0. The molecule has 5 nitrogen and oxygen atoms in total. The van der Waals surface area contributed by atoms with Gasteiger partial charge < -0.3 is 15.1 Å². The van der Waals surface area contributed by atoms with Crippen molar-refractivity contribution in [2.24, 2.45) is 11.7 Å². The summed E-state index contributed by atoms with van der Waals surface area (Å²) in [7, 11) is 0. The maximum atomic E-state index is 12.1. The summed E-state index contributed by atoms with van der Waals surface area (Å²) in [6.07, 6.45) is 2.69.